The standard InChI is InChI=1S/C19H16N2O2/c1-13-8-10-16(11-9-13)21-14(2)18(17(12-22)20-21)19(23)15-6-4-3-5-7-15/h3-12H,1-2H3. The zero-order valence-corrected chi connectivity index (χ0v) is 13.0. The topological polar surface area (TPSA) is 52.0 Å². The number of carbonyl (C=O) groups is 2. The third kappa shape index (κ3) is 2.71. The second kappa shape index (κ2) is 6.01. The van der Waals surface area contributed by atoms with Crippen LogP contribution in [-0.2, 0) is 0 Å². The van der Waals surface area contributed by atoms with Crippen molar-refractivity contribution in [3.05, 3.63) is 82.7 Å². The number of carbonyl (C=O) groups excluding carboxylic acids is 2. The lowest BCUT2D eigenvalue weighted by Gasteiger charge is -2.05. The lowest BCUT2D eigenvalue weighted by Crippen LogP contribution is -2.06. The van der Waals surface area contributed by atoms with Crippen LogP contribution in [0, 0.1) is 13.8 Å². The summed E-state index contributed by atoms with van der Waals surface area (Å²) in [6, 6.07) is 16.7. The number of hydrogen-bond acceptors (Lipinski definition) is 3. The Bertz CT molecular complexity index is 862. The Labute approximate surface area is 134 Å². The zero-order chi connectivity index (χ0) is 16.4. The van der Waals surface area contributed by atoms with Gasteiger partial charge in [-0.1, -0.05) is 48.0 Å². The highest BCUT2D eigenvalue weighted by Gasteiger charge is 2.22. The van der Waals surface area contributed by atoms with E-state index in [1.807, 2.05) is 37.3 Å². The van der Waals surface area contributed by atoms with E-state index in [1.165, 1.54) is 0 Å². The molecule has 0 saturated carbocycles. The summed E-state index contributed by atoms with van der Waals surface area (Å²) in [6.07, 6.45) is 0.633. The van der Waals surface area contributed by atoms with Crippen LogP contribution < -0.4 is 0 Å². The summed E-state index contributed by atoms with van der Waals surface area (Å²) in [5.74, 6) is -0.191. The number of nitrogens with zero attached hydrogens (tertiary/aromatic N) is 2. The van der Waals surface area contributed by atoms with Crippen molar-refractivity contribution >= 4 is 12.1 Å². The van der Waals surface area contributed by atoms with E-state index in [2.05, 4.69) is 5.10 Å². The fourth-order valence-electron chi connectivity index (χ4n) is 2.56. The first-order valence-corrected chi connectivity index (χ1v) is 7.33. The monoisotopic (exact) mass is 304 g/mol. The van der Waals surface area contributed by atoms with Gasteiger partial charge in [-0.3, -0.25) is 9.59 Å². The van der Waals surface area contributed by atoms with Gasteiger partial charge in [0.2, 0.25) is 0 Å². The number of benzene rings is 2. The minimum absolute atomic E-state index is 0.164. The van der Waals surface area contributed by atoms with Gasteiger partial charge >= 0.3 is 0 Å². The van der Waals surface area contributed by atoms with Gasteiger partial charge in [0.05, 0.1) is 16.9 Å². The van der Waals surface area contributed by atoms with Crippen molar-refractivity contribution in [1.82, 2.24) is 9.78 Å². The molecule has 114 valence electrons. The molecule has 1 heterocycles. The second-order valence-corrected chi connectivity index (χ2v) is 5.41. The Balaban J connectivity index is 2.13. The predicted molar refractivity (Wildman–Crippen MR) is 88.3 cm³/mol. The molecule has 0 fully saturated rings. The predicted octanol–water partition coefficient (Wildman–Crippen LogP) is 3.53. The Hall–Kier alpha value is -3.01. The van der Waals surface area contributed by atoms with E-state index >= 15 is 0 Å². The summed E-state index contributed by atoms with van der Waals surface area (Å²) in [7, 11) is 0. The smallest absolute Gasteiger partial charge is 0.197 e. The highest BCUT2D eigenvalue weighted by atomic mass is 16.1. The highest BCUT2D eigenvalue weighted by Crippen LogP contribution is 2.21. The molecule has 4 nitrogen and oxygen atoms in total. The summed E-state index contributed by atoms with van der Waals surface area (Å²) in [4.78, 5) is 24.1. The molecule has 1 aromatic heterocycles. The van der Waals surface area contributed by atoms with E-state index in [9.17, 15) is 9.59 Å². The molecule has 0 N–H and O–H groups in total. The van der Waals surface area contributed by atoms with Crippen LogP contribution >= 0.6 is 0 Å². The molecule has 23 heavy (non-hydrogen) atoms. The summed E-state index contributed by atoms with van der Waals surface area (Å²) < 4.78 is 1.64. The SMILES string of the molecule is Cc1ccc(-n2nc(C=O)c(C(=O)c3ccccc3)c2C)cc1. The molecule has 0 aliphatic rings. The Morgan fingerprint density at radius 1 is 1.00 bits per heavy atom. The van der Waals surface area contributed by atoms with Crippen molar-refractivity contribution in [1.29, 1.82) is 0 Å². The number of aldehydes is 1. The van der Waals surface area contributed by atoms with Gasteiger partial charge in [-0.15, -0.1) is 0 Å². The molecule has 0 aliphatic heterocycles. The first-order chi connectivity index (χ1) is 11.1. The molecule has 3 rings (SSSR count). The number of aryl methyl sites for hydroxylation is 1. The molecule has 4 heteroatoms. The maximum Gasteiger partial charge on any atom is 0.197 e. The number of rotatable bonds is 4. The first kappa shape index (κ1) is 14.9. The van der Waals surface area contributed by atoms with E-state index in [0.717, 1.165) is 11.3 Å². The third-order valence-corrected chi connectivity index (χ3v) is 3.80. The van der Waals surface area contributed by atoms with Crippen LogP contribution in [0.3, 0.4) is 0 Å². The summed E-state index contributed by atoms with van der Waals surface area (Å²) in [5.41, 5.74) is 3.67. The fourth-order valence-corrected chi connectivity index (χ4v) is 2.56. The van der Waals surface area contributed by atoms with Crippen LogP contribution in [0.25, 0.3) is 5.69 Å². The number of ketones is 1. The van der Waals surface area contributed by atoms with Crippen molar-refractivity contribution in [2.75, 3.05) is 0 Å². The van der Waals surface area contributed by atoms with Crippen LogP contribution in [0.2, 0.25) is 0 Å². The van der Waals surface area contributed by atoms with Gasteiger partial charge in [-0.05, 0) is 26.0 Å². The summed E-state index contributed by atoms with van der Waals surface area (Å²) in [5, 5.41) is 4.30. The quantitative estimate of drug-likeness (QED) is 0.547. The molecular formula is C19H16N2O2. The molecule has 0 spiro atoms. The lowest BCUT2D eigenvalue weighted by atomic mass is 10.0. The Kier molecular flexibility index (Phi) is 3.89. The van der Waals surface area contributed by atoms with E-state index in [-0.39, 0.29) is 11.5 Å². The lowest BCUT2D eigenvalue weighted by molar-refractivity contribution is 0.102. The number of hydrogen-bond donors (Lipinski definition) is 0. The average Bonchev–Trinajstić information content (AvgIpc) is 2.92. The molecule has 2 aromatic carbocycles. The van der Waals surface area contributed by atoms with Crippen molar-refractivity contribution in [3.8, 4) is 5.69 Å². The van der Waals surface area contributed by atoms with Crippen molar-refractivity contribution in [2.45, 2.75) is 13.8 Å². The largest absolute Gasteiger partial charge is 0.296 e. The Morgan fingerprint density at radius 2 is 1.65 bits per heavy atom. The van der Waals surface area contributed by atoms with Crippen LogP contribution in [0.4, 0.5) is 0 Å². The van der Waals surface area contributed by atoms with Crippen molar-refractivity contribution in [3.63, 3.8) is 0 Å². The summed E-state index contributed by atoms with van der Waals surface area (Å²) in [6.45, 7) is 3.80. The van der Waals surface area contributed by atoms with Gasteiger partial charge in [0.15, 0.2) is 12.1 Å². The molecule has 0 radical (unpaired) electrons. The maximum atomic E-state index is 12.7. The average molecular weight is 304 g/mol. The molecular weight excluding hydrogens is 288 g/mol. The van der Waals surface area contributed by atoms with Crippen LogP contribution in [0.15, 0.2) is 54.6 Å². The van der Waals surface area contributed by atoms with Crippen LogP contribution in [0.5, 0.6) is 0 Å². The fraction of sp³-hybridized carbons (Fsp3) is 0.105. The molecule has 0 amide bonds. The highest BCUT2D eigenvalue weighted by molar-refractivity contribution is 6.13. The van der Waals surface area contributed by atoms with Gasteiger partial charge < -0.3 is 0 Å². The summed E-state index contributed by atoms with van der Waals surface area (Å²) >= 11 is 0. The van der Waals surface area contributed by atoms with Gasteiger partial charge in [0, 0.05) is 5.56 Å². The third-order valence-electron chi connectivity index (χ3n) is 3.80. The minimum atomic E-state index is -0.191. The van der Waals surface area contributed by atoms with Crippen molar-refractivity contribution < 1.29 is 9.59 Å². The van der Waals surface area contributed by atoms with E-state index < -0.39 is 0 Å². The molecule has 0 aliphatic carbocycles. The van der Waals surface area contributed by atoms with E-state index in [4.69, 9.17) is 0 Å². The Morgan fingerprint density at radius 3 is 2.26 bits per heavy atom. The van der Waals surface area contributed by atoms with Crippen molar-refractivity contribution in [2.24, 2.45) is 0 Å². The zero-order valence-electron chi connectivity index (χ0n) is 13.0. The van der Waals surface area contributed by atoms with Crippen LogP contribution in [0.1, 0.15) is 37.7 Å². The van der Waals surface area contributed by atoms with Gasteiger partial charge in [0.25, 0.3) is 0 Å². The van der Waals surface area contributed by atoms with Gasteiger partial charge in [-0.25, -0.2) is 4.68 Å². The molecule has 0 saturated heterocycles. The molecule has 0 atom stereocenters. The van der Waals surface area contributed by atoms with Gasteiger partial charge in [0.1, 0.15) is 5.69 Å². The normalized spacial score (nSPS) is 10.5. The number of aromatic nitrogens is 2. The molecule has 0 bridgehead atoms. The molecule has 3 aromatic rings. The van der Waals surface area contributed by atoms with E-state index in [0.29, 0.717) is 23.1 Å². The van der Waals surface area contributed by atoms with E-state index in [1.54, 1.807) is 35.9 Å². The first-order valence-electron chi connectivity index (χ1n) is 7.33. The minimum Gasteiger partial charge on any atom is -0.296 e. The second-order valence-electron chi connectivity index (χ2n) is 5.41. The maximum absolute atomic E-state index is 12.7. The van der Waals surface area contributed by atoms with Crippen LogP contribution in [-0.4, -0.2) is 21.8 Å². The molecule has 0 unspecified atom stereocenters. The van der Waals surface area contributed by atoms with Gasteiger partial charge in [-0.2, -0.15) is 5.10 Å².